The number of rotatable bonds is 4. The maximum absolute atomic E-state index is 12.2. The lowest BCUT2D eigenvalue weighted by atomic mass is 10.00. The minimum absolute atomic E-state index is 0. The number of halogens is 4. The van der Waals surface area contributed by atoms with Crippen molar-refractivity contribution in [3.8, 4) is 10.6 Å². The molecule has 0 bridgehead atoms. The van der Waals surface area contributed by atoms with Gasteiger partial charge < -0.3 is 10.6 Å². The van der Waals surface area contributed by atoms with E-state index in [4.69, 9.17) is 23.2 Å². The minimum atomic E-state index is -0.136. The molecule has 9 heteroatoms. The SMILES string of the molecule is Cl.Cl.O=C(NCC1CCCNC1)c1csc(-c2ccc(Cl)cc2Cl)n1. The van der Waals surface area contributed by atoms with Crippen molar-refractivity contribution in [1.29, 1.82) is 0 Å². The van der Waals surface area contributed by atoms with Gasteiger partial charge in [0.15, 0.2) is 0 Å². The number of thiazole rings is 1. The maximum Gasteiger partial charge on any atom is 0.270 e. The molecule has 1 saturated heterocycles. The fraction of sp³-hybridized carbons (Fsp3) is 0.375. The van der Waals surface area contributed by atoms with Crippen molar-refractivity contribution in [2.45, 2.75) is 12.8 Å². The summed E-state index contributed by atoms with van der Waals surface area (Å²) in [5.74, 6) is 0.361. The van der Waals surface area contributed by atoms with E-state index in [2.05, 4.69) is 15.6 Å². The molecule has 2 N–H and O–H groups in total. The molecule has 2 aromatic rings. The number of aromatic nitrogens is 1. The number of hydrogen-bond donors (Lipinski definition) is 2. The van der Waals surface area contributed by atoms with E-state index in [1.165, 1.54) is 11.3 Å². The molecule has 25 heavy (non-hydrogen) atoms. The lowest BCUT2D eigenvalue weighted by Crippen LogP contribution is -2.38. The number of nitrogens with zero attached hydrogens (tertiary/aromatic N) is 1. The van der Waals surface area contributed by atoms with Gasteiger partial charge in [0.25, 0.3) is 5.91 Å². The fourth-order valence-electron chi connectivity index (χ4n) is 2.59. The zero-order chi connectivity index (χ0) is 16.2. The molecule has 1 unspecified atom stereocenters. The molecule has 0 saturated carbocycles. The summed E-state index contributed by atoms with van der Waals surface area (Å²) in [5.41, 5.74) is 1.22. The monoisotopic (exact) mass is 441 g/mol. The zero-order valence-corrected chi connectivity index (χ0v) is 17.2. The lowest BCUT2D eigenvalue weighted by Gasteiger charge is -2.22. The van der Waals surface area contributed by atoms with Crippen LogP contribution in [0.2, 0.25) is 10.0 Å². The molecule has 1 fully saturated rings. The predicted octanol–water partition coefficient (Wildman–Crippen LogP) is 4.69. The highest BCUT2D eigenvalue weighted by Crippen LogP contribution is 2.32. The largest absolute Gasteiger partial charge is 0.350 e. The van der Waals surface area contributed by atoms with Gasteiger partial charge in [-0.25, -0.2) is 4.98 Å². The van der Waals surface area contributed by atoms with E-state index in [0.717, 1.165) is 36.5 Å². The second-order valence-corrected chi connectivity index (χ2v) is 7.29. The third-order valence-corrected chi connectivity index (χ3v) is 5.27. The van der Waals surface area contributed by atoms with Crippen LogP contribution < -0.4 is 10.6 Å². The molecular formula is C16H19Cl4N3OS. The number of nitrogens with one attached hydrogen (secondary N) is 2. The van der Waals surface area contributed by atoms with Crippen LogP contribution in [0.25, 0.3) is 10.6 Å². The van der Waals surface area contributed by atoms with E-state index in [9.17, 15) is 4.79 Å². The van der Waals surface area contributed by atoms with Crippen molar-refractivity contribution in [3.63, 3.8) is 0 Å². The molecule has 0 radical (unpaired) electrons. The average molecular weight is 443 g/mol. The summed E-state index contributed by atoms with van der Waals surface area (Å²) in [6.45, 7) is 2.71. The summed E-state index contributed by atoms with van der Waals surface area (Å²) >= 11 is 13.5. The topological polar surface area (TPSA) is 54.0 Å². The van der Waals surface area contributed by atoms with E-state index < -0.39 is 0 Å². The summed E-state index contributed by atoms with van der Waals surface area (Å²) in [6.07, 6.45) is 2.31. The third-order valence-electron chi connectivity index (χ3n) is 3.85. The van der Waals surface area contributed by atoms with Gasteiger partial charge in [0.1, 0.15) is 10.7 Å². The molecule has 3 rings (SSSR count). The van der Waals surface area contributed by atoms with E-state index >= 15 is 0 Å². The van der Waals surface area contributed by atoms with Crippen molar-refractivity contribution < 1.29 is 4.79 Å². The zero-order valence-electron chi connectivity index (χ0n) is 13.3. The van der Waals surface area contributed by atoms with Gasteiger partial charge in [-0.2, -0.15) is 0 Å². The Balaban J connectivity index is 0.00000156. The number of benzene rings is 1. The van der Waals surface area contributed by atoms with Crippen LogP contribution in [-0.4, -0.2) is 30.5 Å². The predicted molar refractivity (Wildman–Crippen MR) is 110 cm³/mol. The van der Waals surface area contributed by atoms with E-state index in [0.29, 0.717) is 28.2 Å². The van der Waals surface area contributed by atoms with Crippen LogP contribution in [-0.2, 0) is 0 Å². The number of carbonyl (C=O) groups is 1. The minimum Gasteiger partial charge on any atom is -0.350 e. The molecule has 2 heterocycles. The van der Waals surface area contributed by atoms with Crippen molar-refractivity contribution >= 4 is 65.3 Å². The molecule has 1 aromatic carbocycles. The Labute approximate surface area is 173 Å². The molecule has 0 spiro atoms. The number of hydrogen-bond acceptors (Lipinski definition) is 4. The van der Waals surface area contributed by atoms with Crippen molar-refractivity contribution in [2.75, 3.05) is 19.6 Å². The molecule has 1 atom stereocenters. The summed E-state index contributed by atoms with van der Waals surface area (Å²) in [5, 5.41) is 9.90. The Morgan fingerprint density at radius 3 is 2.84 bits per heavy atom. The average Bonchev–Trinajstić information content (AvgIpc) is 3.03. The summed E-state index contributed by atoms with van der Waals surface area (Å²) < 4.78 is 0. The maximum atomic E-state index is 12.2. The Bertz CT molecular complexity index is 704. The Morgan fingerprint density at radius 2 is 2.16 bits per heavy atom. The van der Waals surface area contributed by atoms with Gasteiger partial charge in [-0.3, -0.25) is 4.79 Å². The fourth-order valence-corrected chi connectivity index (χ4v) is 3.98. The van der Waals surface area contributed by atoms with Crippen molar-refractivity contribution in [3.05, 3.63) is 39.3 Å². The van der Waals surface area contributed by atoms with Crippen LogP contribution in [0.3, 0.4) is 0 Å². The van der Waals surface area contributed by atoms with Gasteiger partial charge in [-0.15, -0.1) is 36.2 Å². The number of piperidine rings is 1. The lowest BCUT2D eigenvalue weighted by molar-refractivity contribution is 0.0940. The highest BCUT2D eigenvalue weighted by Gasteiger charge is 2.17. The van der Waals surface area contributed by atoms with Crippen LogP contribution in [0.4, 0.5) is 0 Å². The molecule has 4 nitrogen and oxygen atoms in total. The van der Waals surface area contributed by atoms with Crippen LogP contribution >= 0.6 is 59.4 Å². The quantitative estimate of drug-likeness (QED) is 0.721. The molecule has 138 valence electrons. The van der Waals surface area contributed by atoms with Gasteiger partial charge >= 0.3 is 0 Å². The molecule has 1 aliphatic heterocycles. The summed E-state index contributed by atoms with van der Waals surface area (Å²) in [4.78, 5) is 16.6. The van der Waals surface area contributed by atoms with Crippen molar-refractivity contribution in [2.24, 2.45) is 5.92 Å². The highest BCUT2D eigenvalue weighted by molar-refractivity contribution is 7.13. The summed E-state index contributed by atoms with van der Waals surface area (Å²) in [6, 6.07) is 5.26. The highest BCUT2D eigenvalue weighted by atomic mass is 35.5. The normalized spacial score (nSPS) is 16.5. The van der Waals surface area contributed by atoms with Gasteiger partial charge in [-0.05, 0) is 50.0 Å². The first kappa shape index (κ1) is 22.5. The van der Waals surface area contributed by atoms with Gasteiger partial charge in [0.2, 0.25) is 0 Å². The molecular weight excluding hydrogens is 424 g/mol. The third kappa shape index (κ3) is 5.98. The Kier molecular flexibility index (Phi) is 9.49. The van der Waals surface area contributed by atoms with Crippen LogP contribution in [0, 0.1) is 5.92 Å². The van der Waals surface area contributed by atoms with Crippen molar-refractivity contribution in [1.82, 2.24) is 15.6 Å². The molecule has 1 aliphatic rings. The molecule has 1 aromatic heterocycles. The van der Waals surface area contributed by atoms with E-state index in [1.54, 1.807) is 17.5 Å². The standard InChI is InChI=1S/C16H17Cl2N3OS.2ClH/c17-11-3-4-12(13(18)6-11)16-21-14(9-23-16)15(22)20-8-10-2-1-5-19-7-10;;/h3-4,6,9-10,19H,1-2,5,7-8H2,(H,20,22);2*1H. The second kappa shape index (κ2) is 10.6. The number of amides is 1. The summed E-state index contributed by atoms with van der Waals surface area (Å²) in [7, 11) is 0. The molecule has 1 amide bonds. The Hall–Kier alpha value is -0.560. The van der Waals surface area contributed by atoms with E-state index in [1.807, 2.05) is 6.07 Å². The van der Waals surface area contributed by atoms with Gasteiger partial charge in [0.05, 0.1) is 5.02 Å². The van der Waals surface area contributed by atoms with Crippen LogP contribution in [0.5, 0.6) is 0 Å². The first-order chi connectivity index (χ1) is 11.1. The van der Waals surface area contributed by atoms with Gasteiger partial charge in [-0.1, -0.05) is 23.2 Å². The van der Waals surface area contributed by atoms with Crippen LogP contribution in [0.15, 0.2) is 23.6 Å². The second-order valence-electron chi connectivity index (χ2n) is 5.58. The number of carbonyl (C=O) groups excluding carboxylic acids is 1. The smallest absolute Gasteiger partial charge is 0.270 e. The molecule has 0 aliphatic carbocycles. The van der Waals surface area contributed by atoms with E-state index in [-0.39, 0.29) is 30.7 Å². The first-order valence-corrected chi connectivity index (χ1v) is 9.17. The van der Waals surface area contributed by atoms with Crippen LogP contribution in [0.1, 0.15) is 23.3 Å². The Morgan fingerprint density at radius 1 is 1.36 bits per heavy atom. The first-order valence-electron chi connectivity index (χ1n) is 7.53. The van der Waals surface area contributed by atoms with Gasteiger partial charge in [0, 0.05) is 22.5 Å².